The molecule has 0 radical (unpaired) electrons. The minimum absolute atomic E-state index is 1.05. The molecule has 3 heteroatoms. The monoisotopic (exact) mass is 477 g/mol. The van der Waals surface area contributed by atoms with Gasteiger partial charge in [0, 0.05) is 32.4 Å². The van der Waals surface area contributed by atoms with Crippen molar-refractivity contribution in [2.24, 2.45) is 5.92 Å². The van der Waals surface area contributed by atoms with Gasteiger partial charge in [0.15, 0.2) is 0 Å². The zero-order valence-corrected chi connectivity index (χ0v) is 21.9. The van der Waals surface area contributed by atoms with Crippen LogP contribution in [0.4, 0.5) is 5.69 Å². The first kappa shape index (κ1) is 23.2. The maximum Gasteiger partial charge on any atom is 0.0542 e. The Morgan fingerprint density at radius 3 is 2.27 bits per heavy atom. The predicted octanol–water partition coefficient (Wildman–Crippen LogP) is 10.6. The maximum absolute atomic E-state index is 3.66. The number of aryl methyl sites for hydroxylation is 1. The summed E-state index contributed by atoms with van der Waals surface area (Å²) in [4.78, 5) is 0. The summed E-state index contributed by atoms with van der Waals surface area (Å²) in [5, 5.41) is 6.55. The summed E-state index contributed by atoms with van der Waals surface area (Å²) in [5.41, 5.74) is 2.80. The van der Waals surface area contributed by atoms with Gasteiger partial charge in [-0.1, -0.05) is 89.3 Å². The fourth-order valence-corrected chi connectivity index (χ4v) is 8.00. The van der Waals surface area contributed by atoms with Gasteiger partial charge in [-0.2, -0.15) is 0 Å². The molecular formula is C30H39NS2. The molecule has 5 rings (SSSR count). The minimum Gasteiger partial charge on any atom is -0.385 e. The highest BCUT2D eigenvalue weighted by molar-refractivity contribution is 7.36. The number of benzene rings is 2. The Balaban J connectivity index is 1.21. The lowest BCUT2D eigenvalue weighted by atomic mass is 9.81. The van der Waals surface area contributed by atoms with Crippen LogP contribution in [-0.2, 0) is 6.42 Å². The second-order valence-electron chi connectivity index (χ2n) is 10.1. The van der Waals surface area contributed by atoms with Crippen LogP contribution in [0.1, 0.15) is 89.5 Å². The number of hydrogen-bond donors (Lipinski definition) is 1. The van der Waals surface area contributed by atoms with Crippen LogP contribution in [0.15, 0.2) is 36.4 Å². The van der Waals surface area contributed by atoms with E-state index in [9.17, 15) is 0 Å². The van der Waals surface area contributed by atoms with Crippen molar-refractivity contribution >= 4 is 57.9 Å². The largest absolute Gasteiger partial charge is 0.385 e. The van der Waals surface area contributed by atoms with E-state index in [1.807, 2.05) is 22.7 Å². The lowest BCUT2D eigenvalue weighted by Crippen LogP contribution is -2.10. The number of nitrogens with one attached hydrogen (secondary N) is 1. The molecule has 2 heterocycles. The van der Waals surface area contributed by atoms with Crippen LogP contribution in [0, 0.1) is 5.92 Å². The average Bonchev–Trinajstić information content (AvgIpc) is 3.32. The molecule has 0 aliphatic heterocycles. The molecule has 0 amide bonds. The molecule has 0 saturated heterocycles. The normalized spacial score (nSPS) is 14.5. The van der Waals surface area contributed by atoms with Crippen molar-refractivity contribution in [1.29, 1.82) is 0 Å². The van der Waals surface area contributed by atoms with Crippen molar-refractivity contribution in [3.63, 3.8) is 0 Å². The van der Waals surface area contributed by atoms with Gasteiger partial charge in [0.05, 0.1) is 9.40 Å². The Bertz CT molecular complexity index is 1180. The van der Waals surface area contributed by atoms with Crippen LogP contribution in [0.25, 0.3) is 29.6 Å². The SMILES string of the molecule is CCCCCCCCNc1ccc2c(c1)sc1c3ccc(CCCCC4CCC4)cc3sc21. The van der Waals surface area contributed by atoms with Crippen molar-refractivity contribution < 1.29 is 0 Å². The van der Waals surface area contributed by atoms with Crippen LogP contribution in [-0.4, -0.2) is 6.54 Å². The third-order valence-corrected chi connectivity index (χ3v) is 10.1. The fraction of sp³-hybridized carbons (Fsp3) is 0.533. The van der Waals surface area contributed by atoms with Gasteiger partial charge in [-0.25, -0.2) is 0 Å². The number of hydrogen-bond acceptors (Lipinski definition) is 3. The van der Waals surface area contributed by atoms with Crippen molar-refractivity contribution in [3.8, 4) is 0 Å². The van der Waals surface area contributed by atoms with Gasteiger partial charge in [-0.05, 0) is 48.9 Å². The molecule has 0 atom stereocenters. The molecular weight excluding hydrogens is 438 g/mol. The van der Waals surface area contributed by atoms with Crippen molar-refractivity contribution in [3.05, 3.63) is 42.0 Å². The van der Waals surface area contributed by atoms with Crippen LogP contribution in [0.3, 0.4) is 0 Å². The summed E-state index contributed by atoms with van der Waals surface area (Å²) in [6.07, 6.45) is 18.0. The van der Waals surface area contributed by atoms with Gasteiger partial charge >= 0.3 is 0 Å². The smallest absolute Gasteiger partial charge is 0.0542 e. The number of unbranched alkanes of at least 4 members (excludes halogenated alkanes) is 6. The molecule has 4 aromatic rings. The quantitative estimate of drug-likeness (QED) is 0.189. The van der Waals surface area contributed by atoms with E-state index in [4.69, 9.17) is 0 Å². The predicted molar refractivity (Wildman–Crippen MR) is 151 cm³/mol. The summed E-state index contributed by atoms with van der Waals surface area (Å²) < 4.78 is 5.86. The summed E-state index contributed by atoms with van der Waals surface area (Å²) in [7, 11) is 0. The van der Waals surface area contributed by atoms with Crippen LogP contribution in [0.5, 0.6) is 0 Å². The van der Waals surface area contributed by atoms with E-state index < -0.39 is 0 Å². The van der Waals surface area contributed by atoms with Crippen LogP contribution < -0.4 is 5.32 Å². The lowest BCUT2D eigenvalue weighted by Gasteiger charge is -2.24. The number of thiophene rings is 2. The average molecular weight is 478 g/mol. The summed E-state index contributed by atoms with van der Waals surface area (Å²) in [6, 6.07) is 14.2. The molecule has 0 bridgehead atoms. The number of fused-ring (bicyclic) bond motifs is 5. The topological polar surface area (TPSA) is 12.0 Å². The Kier molecular flexibility index (Phi) is 7.89. The fourth-order valence-electron chi connectivity index (χ4n) is 5.25. The van der Waals surface area contributed by atoms with Gasteiger partial charge in [0.25, 0.3) is 0 Å². The lowest BCUT2D eigenvalue weighted by molar-refractivity contribution is 0.287. The van der Waals surface area contributed by atoms with Crippen LogP contribution in [0.2, 0.25) is 0 Å². The standard InChI is InChI=1S/C30H39NS2/c1-2-3-4-5-6-9-19-31-24-16-18-26-28(21-24)33-29-25-17-15-23(20-27(25)32-30(26)29)12-8-7-11-22-13-10-14-22/h15-18,20-22,31H,2-14,19H2,1H3. The highest BCUT2D eigenvalue weighted by atomic mass is 32.1. The number of rotatable bonds is 13. The Morgan fingerprint density at radius 1 is 0.788 bits per heavy atom. The molecule has 1 aliphatic carbocycles. The zero-order chi connectivity index (χ0) is 22.5. The van der Waals surface area contributed by atoms with E-state index in [1.165, 1.54) is 124 Å². The van der Waals surface area contributed by atoms with Crippen molar-refractivity contribution in [2.75, 3.05) is 11.9 Å². The van der Waals surface area contributed by atoms with Gasteiger partial charge in [0.2, 0.25) is 0 Å². The van der Waals surface area contributed by atoms with Crippen molar-refractivity contribution in [2.45, 2.75) is 90.4 Å². The van der Waals surface area contributed by atoms with E-state index in [1.54, 1.807) is 0 Å². The van der Waals surface area contributed by atoms with E-state index >= 15 is 0 Å². The molecule has 0 unspecified atom stereocenters. The number of anilines is 1. The van der Waals surface area contributed by atoms with Gasteiger partial charge < -0.3 is 5.32 Å². The third-order valence-electron chi connectivity index (χ3n) is 7.56. The highest BCUT2D eigenvalue weighted by Crippen LogP contribution is 2.45. The van der Waals surface area contributed by atoms with Gasteiger partial charge in [-0.3, -0.25) is 0 Å². The summed E-state index contributed by atoms with van der Waals surface area (Å²) in [6.45, 7) is 3.37. The summed E-state index contributed by atoms with van der Waals surface area (Å²) >= 11 is 3.97. The van der Waals surface area contributed by atoms with E-state index in [0.29, 0.717) is 0 Å². The molecule has 2 aromatic carbocycles. The first-order valence-electron chi connectivity index (χ1n) is 13.4. The molecule has 2 aromatic heterocycles. The van der Waals surface area contributed by atoms with Crippen LogP contribution >= 0.6 is 22.7 Å². The molecule has 1 N–H and O–H groups in total. The van der Waals surface area contributed by atoms with E-state index in [0.717, 1.165) is 12.5 Å². The Labute approximate surface area is 207 Å². The summed E-state index contributed by atoms with van der Waals surface area (Å²) in [5.74, 6) is 1.05. The van der Waals surface area contributed by atoms with Gasteiger partial charge in [-0.15, -0.1) is 22.7 Å². The van der Waals surface area contributed by atoms with Crippen molar-refractivity contribution in [1.82, 2.24) is 0 Å². The Hall–Kier alpha value is -1.58. The minimum atomic E-state index is 1.05. The van der Waals surface area contributed by atoms with E-state index in [2.05, 4.69) is 48.6 Å². The van der Waals surface area contributed by atoms with E-state index in [-0.39, 0.29) is 0 Å². The Morgan fingerprint density at radius 2 is 1.52 bits per heavy atom. The molecule has 1 aliphatic rings. The molecule has 1 fully saturated rings. The molecule has 176 valence electrons. The second kappa shape index (κ2) is 11.2. The molecule has 1 saturated carbocycles. The third kappa shape index (κ3) is 5.57. The molecule has 0 spiro atoms. The first-order chi connectivity index (χ1) is 16.3. The zero-order valence-electron chi connectivity index (χ0n) is 20.3. The molecule has 1 nitrogen and oxygen atoms in total. The second-order valence-corrected chi connectivity index (χ2v) is 12.2. The first-order valence-corrected chi connectivity index (χ1v) is 15.1. The molecule has 33 heavy (non-hydrogen) atoms. The maximum atomic E-state index is 3.66. The van der Waals surface area contributed by atoms with Gasteiger partial charge in [0.1, 0.15) is 0 Å². The highest BCUT2D eigenvalue weighted by Gasteiger charge is 2.16.